The van der Waals surface area contributed by atoms with E-state index in [1.54, 1.807) is 13.0 Å². The topological polar surface area (TPSA) is 92.5 Å². The molecule has 164 valence electrons. The van der Waals surface area contributed by atoms with E-state index in [1.807, 2.05) is 6.92 Å². The van der Waals surface area contributed by atoms with Gasteiger partial charge in [0.15, 0.2) is 0 Å². The Bertz CT molecular complexity index is 646. The molecular weight excluding hydrogens is 368 g/mol. The highest BCUT2D eigenvalue weighted by Crippen LogP contribution is 2.27. The van der Waals surface area contributed by atoms with Crippen LogP contribution in [0, 0.1) is 17.0 Å². The lowest BCUT2D eigenvalue weighted by Gasteiger charge is -2.17. The van der Waals surface area contributed by atoms with Crippen LogP contribution in [-0.4, -0.2) is 22.0 Å². The van der Waals surface area contributed by atoms with Crippen molar-refractivity contribution in [2.45, 2.75) is 104 Å². The maximum absolute atomic E-state index is 11.5. The third-order valence-electron chi connectivity index (χ3n) is 5.41. The number of anilines is 1. The minimum absolute atomic E-state index is 0.0481. The summed E-state index contributed by atoms with van der Waals surface area (Å²) in [6.07, 6.45) is 15.2. The molecule has 1 aromatic rings. The van der Waals surface area contributed by atoms with E-state index < -0.39 is 10.9 Å². The number of carboxylic acids is 1. The van der Waals surface area contributed by atoms with Gasteiger partial charge in [0.2, 0.25) is 0 Å². The van der Waals surface area contributed by atoms with Crippen molar-refractivity contribution in [1.82, 2.24) is 0 Å². The average Bonchev–Trinajstić information content (AvgIpc) is 2.65. The van der Waals surface area contributed by atoms with Crippen LogP contribution in [0.3, 0.4) is 0 Å². The number of carbonyl (C=O) groups is 1. The fourth-order valence-electron chi connectivity index (χ4n) is 3.64. The fourth-order valence-corrected chi connectivity index (χ4v) is 3.64. The van der Waals surface area contributed by atoms with Gasteiger partial charge >= 0.3 is 5.97 Å². The van der Waals surface area contributed by atoms with Gasteiger partial charge in [-0.1, -0.05) is 77.6 Å². The molecule has 0 aromatic heterocycles. The number of aryl methyl sites for hydroxylation is 1. The maximum atomic E-state index is 11.5. The number of aromatic carboxylic acids is 1. The van der Waals surface area contributed by atoms with Gasteiger partial charge in [0.25, 0.3) is 5.69 Å². The second-order valence-corrected chi connectivity index (χ2v) is 8.12. The summed E-state index contributed by atoms with van der Waals surface area (Å²) in [5.74, 6) is -1.16. The molecule has 29 heavy (non-hydrogen) atoms. The van der Waals surface area contributed by atoms with Crippen molar-refractivity contribution < 1.29 is 14.8 Å². The molecule has 1 aromatic carbocycles. The van der Waals surface area contributed by atoms with Crippen molar-refractivity contribution in [3.8, 4) is 0 Å². The highest BCUT2D eigenvalue weighted by atomic mass is 16.6. The number of rotatable bonds is 16. The van der Waals surface area contributed by atoms with Crippen LogP contribution in [0.1, 0.15) is 107 Å². The van der Waals surface area contributed by atoms with Gasteiger partial charge in [-0.05, 0) is 26.3 Å². The zero-order valence-electron chi connectivity index (χ0n) is 18.3. The summed E-state index contributed by atoms with van der Waals surface area (Å²) in [5, 5.41) is 23.7. The molecule has 0 aliphatic carbocycles. The normalized spacial score (nSPS) is 12.0. The van der Waals surface area contributed by atoms with Gasteiger partial charge in [-0.3, -0.25) is 10.1 Å². The number of nitrogens with one attached hydrogen (secondary N) is 1. The molecule has 6 nitrogen and oxygen atoms in total. The van der Waals surface area contributed by atoms with Gasteiger partial charge < -0.3 is 10.4 Å². The molecule has 1 atom stereocenters. The van der Waals surface area contributed by atoms with Gasteiger partial charge in [0.1, 0.15) is 0 Å². The molecule has 1 rings (SSSR count). The summed E-state index contributed by atoms with van der Waals surface area (Å²) in [6, 6.07) is 2.83. The van der Waals surface area contributed by atoms with Crippen molar-refractivity contribution >= 4 is 17.3 Å². The van der Waals surface area contributed by atoms with E-state index >= 15 is 0 Å². The standard InChI is InChI=1S/C23H38N2O4/c1-4-5-6-7-8-9-10-11-12-13-14-15-19(3)24-21-16-18(2)22(25(28)29)17-20(21)23(26)27/h16-17,19,24H,4-15H2,1-3H3,(H,26,27). The lowest BCUT2D eigenvalue weighted by molar-refractivity contribution is -0.385. The maximum Gasteiger partial charge on any atom is 0.338 e. The van der Waals surface area contributed by atoms with E-state index in [9.17, 15) is 20.0 Å². The molecule has 0 radical (unpaired) electrons. The van der Waals surface area contributed by atoms with Crippen LogP contribution in [0.4, 0.5) is 11.4 Å². The number of carboxylic acid groups (broad SMARTS) is 1. The van der Waals surface area contributed by atoms with Crippen molar-refractivity contribution in [3.05, 3.63) is 33.4 Å². The molecule has 0 spiro atoms. The molecule has 0 amide bonds. The molecule has 0 bridgehead atoms. The van der Waals surface area contributed by atoms with Crippen LogP contribution < -0.4 is 5.32 Å². The zero-order valence-corrected chi connectivity index (χ0v) is 18.3. The van der Waals surface area contributed by atoms with Crippen LogP contribution in [-0.2, 0) is 0 Å². The first kappa shape index (κ1) is 24.9. The van der Waals surface area contributed by atoms with Crippen molar-refractivity contribution in [3.63, 3.8) is 0 Å². The highest BCUT2D eigenvalue weighted by molar-refractivity contribution is 5.95. The number of nitrogens with zero attached hydrogens (tertiary/aromatic N) is 1. The Morgan fingerprint density at radius 2 is 1.55 bits per heavy atom. The van der Waals surface area contributed by atoms with Gasteiger partial charge in [-0.25, -0.2) is 4.79 Å². The summed E-state index contributed by atoms with van der Waals surface area (Å²) in [7, 11) is 0. The minimum Gasteiger partial charge on any atom is -0.478 e. The molecule has 1 unspecified atom stereocenters. The van der Waals surface area contributed by atoms with E-state index in [-0.39, 0.29) is 17.3 Å². The molecule has 2 N–H and O–H groups in total. The molecular formula is C23H38N2O4. The molecule has 6 heteroatoms. The number of hydrogen-bond donors (Lipinski definition) is 2. The SMILES string of the molecule is CCCCCCCCCCCCCC(C)Nc1cc(C)c([N+](=O)[O-])cc1C(=O)O. The first-order chi connectivity index (χ1) is 13.9. The van der Waals surface area contributed by atoms with Crippen LogP contribution in [0.2, 0.25) is 0 Å². The molecule has 0 saturated carbocycles. The predicted octanol–water partition coefficient (Wildman–Crippen LogP) is 7.10. The number of benzene rings is 1. The minimum atomic E-state index is -1.16. The third kappa shape index (κ3) is 9.77. The summed E-state index contributed by atoms with van der Waals surface area (Å²) >= 11 is 0. The van der Waals surface area contributed by atoms with E-state index in [0.29, 0.717) is 11.3 Å². The highest BCUT2D eigenvalue weighted by Gasteiger charge is 2.20. The first-order valence-electron chi connectivity index (χ1n) is 11.2. The van der Waals surface area contributed by atoms with Crippen molar-refractivity contribution in [1.29, 1.82) is 0 Å². The Balaban J connectivity index is 2.31. The number of hydrogen-bond acceptors (Lipinski definition) is 4. The van der Waals surface area contributed by atoms with Gasteiger partial charge in [0, 0.05) is 23.4 Å². The van der Waals surface area contributed by atoms with Crippen LogP contribution in [0.15, 0.2) is 12.1 Å². The number of unbranched alkanes of at least 4 members (excludes halogenated alkanes) is 10. The van der Waals surface area contributed by atoms with Crippen LogP contribution >= 0.6 is 0 Å². The Hall–Kier alpha value is -2.11. The quantitative estimate of drug-likeness (QED) is 0.173. The Kier molecular flexibility index (Phi) is 12.0. The number of nitro groups is 1. The molecule has 0 fully saturated rings. The third-order valence-corrected chi connectivity index (χ3v) is 5.41. The number of nitro benzene ring substituents is 1. The fraction of sp³-hybridized carbons (Fsp3) is 0.696. The predicted molar refractivity (Wildman–Crippen MR) is 119 cm³/mol. The molecule has 0 aliphatic rings. The lowest BCUT2D eigenvalue weighted by atomic mass is 10.0. The summed E-state index contributed by atoms with van der Waals surface area (Å²) in [4.78, 5) is 22.0. The van der Waals surface area contributed by atoms with E-state index in [1.165, 1.54) is 64.2 Å². The lowest BCUT2D eigenvalue weighted by Crippen LogP contribution is -2.17. The smallest absolute Gasteiger partial charge is 0.338 e. The summed E-state index contributed by atoms with van der Waals surface area (Å²) < 4.78 is 0. The molecule has 0 heterocycles. The first-order valence-corrected chi connectivity index (χ1v) is 11.2. The Labute approximate surface area is 175 Å². The van der Waals surface area contributed by atoms with Crippen LogP contribution in [0.5, 0.6) is 0 Å². The summed E-state index contributed by atoms with van der Waals surface area (Å²) in [6.45, 7) is 5.90. The van der Waals surface area contributed by atoms with E-state index in [4.69, 9.17) is 0 Å². The van der Waals surface area contributed by atoms with Gasteiger partial charge in [-0.2, -0.15) is 0 Å². The second-order valence-electron chi connectivity index (χ2n) is 8.12. The Morgan fingerprint density at radius 3 is 2.03 bits per heavy atom. The van der Waals surface area contributed by atoms with Crippen molar-refractivity contribution in [2.24, 2.45) is 0 Å². The van der Waals surface area contributed by atoms with Gasteiger partial charge in [-0.15, -0.1) is 0 Å². The molecule has 0 saturated heterocycles. The van der Waals surface area contributed by atoms with Gasteiger partial charge in [0.05, 0.1) is 10.5 Å². The van der Waals surface area contributed by atoms with Crippen molar-refractivity contribution in [2.75, 3.05) is 5.32 Å². The average molecular weight is 407 g/mol. The zero-order chi connectivity index (χ0) is 21.6. The van der Waals surface area contributed by atoms with E-state index in [0.717, 1.165) is 18.9 Å². The molecule has 0 aliphatic heterocycles. The summed E-state index contributed by atoms with van der Waals surface area (Å²) in [5.41, 5.74) is 0.708. The monoisotopic (exact) mass is 406 g/mol. The second kappa shape index (κ2) is 14.0. The Morgan fingerprint density at radius 1 is 1.03 bits per heavy atom. The largest absolute Gasteiger partial charge is 0.478 e. The van der Waals surface area contributed by atoms with Crippen LogP contribution in [0.25, 0.3) is 0 Å². The van der Waals surface area contributed by atoms with E-state index in [2.05, 4.69) is 12.2 Å².